The molecule has 0 aliphatic carbocycles. The van der Waals surface area contributed by atoms with Crippen molar-refractivity contribution >= 4 is 31.9 Å². The number of rotatable bonds is 0. The van der Waals surface area contributed by atoms with E-state index >= 15 is 0 Å². The van der Waals surface area contributed by atoms with Crippen molar-refractivity contribution in [3.63, 3.8) is 0 Å². The Morgan fingerprint density at radius 2 is 2.12 bits per heavy atom. The maximum absolute atomic E-state index is 4.75. The maximum atomic E-state index is 4.75. The van der Waals surface area contributed by atoms with Crippen LogP contribution in [-0.4, -0.2) is 5.16 Å². The molecule has 1 rings (SSSR count). The fourth-order valence-electron chi connectivity index (χ4n) is 0.334. The smallest absolute Gasteiger partial charge is 0.163 e. The zero-order chi connectivity index (χ0) is 6.15. The van der Waals surface area contributed by atoms with Gasteiger partial charge < -0.3 is 4.52 Å². The molecule has 0 atom stereocenters. The van der Waals surface area contributed by atoms with Crippen LogP contribution in [0, 0.1) is 6.92 Å². The topological polar surface area (TPSA) is 26.0 Å². The van der Waals surface area contributed by atoms with Gasteiger partial charge in [0.25, 0.3) is 0 Å². The minimum Gasteiger partial charge on any atom is -0.359 e. The van der Waals surface area contributed by atoms with E-state index in [1.54, 1.807) is 0 Å². The number of hydrogen-bond acceptors (Lipinski definition) is 2. The summed E-state index contributed by atoms with van der Waals surface area (Å²) in [6.45, 7) is 1.84. The average molecular weight is 241 g/mol. The lowest BCUT2D eigenvalue weighted by atomic mass is 10.5. The van der Waals surface area contributed by atoms with E-state index in [2.05, 4.69) is 37.0 Å². The van der Waals surface area contributed by atoms with Gasteiger partial charge in [0.1, 0.15) is 5.76 Å². The van der Waals surface area contributed by atoms with Crippen LogP contribution in [0.3, 0.4) is 0 Å². The molecule has 1 aromatic rings. The third-order valence-corrected chi connectivity index (χ3v) is 2.76. The number of halogens is 2. The molecule has 0 saturated heterocycles. The van der Waals surface area contributed by atoms with Crippen LogP contribution in [0.15, 0.2) is 13.6 Å². The molecule has 0 aliphatic heterocycles. The van der Waals surface area contributed by atoms with Gasteiger partial charge in [-0.25, -0.2) is 0 Å². The number of aromatic nitrogens is 1. The Bertz CT molecular complexity index is 176. The molecule has 0 saturated carbocycles. The standard InChI is InChI=1S/C4H3Br2NO/c1-2-3(5)4(6)7-8-2/h1H3. The summed E-state index contributed by atoms with van der Waals surface area (Å²) in [6, 6.07) is 0. The summed E-state index contributed by atoms with van der Waals surface area (Å²) in [4.78, 5) is 0. The molecule has 1 heterocycles. The maximum Gasteiger partial charge on any atom is 0.163 e. The van der Waals surface area contributed by atoms with E-state index in [1.165, 1.54) is 0 Å². The van der Waals surface area contributed by atoms with Crippen molar-refractivity contribution in [1.29, 1.82) is 0 Å². The van der Waals surface area contributed by atoms with Gasteiger partial charge in [-0.05, 0) is 38.8 Å². The summed E-state index contributed by atoms with van der Waals surface area (Å²) in [5, 5.41) is 3.61. The van der Waals surface area contributed by atoms with E-state index in [0.29, 0.717) is 0 Å². The van der Waals surface area contributed by atoms with Crippen LogP contribution in [0.1, 0.15) is 5.76 Å². The van der Waals surface area contributed by atoms with Crippen LogP contribution < -0.4 is 0 Å². The Morgan fingerprint density at radius 3 is 2.25 bits per heavy atom. The van der Waals surface area contributed by atoms with Gasteiger partial charge in [-0.1, -0.05) is 5.16 Å². The highest BCUT2D eigenvalue weighted by atomic mass is 79.9. The Morgan fingerprint density at radius 1 is 1.50 bits per heavy atom. The van der Waals surface area contributed by atoms with Gasteiger partial charge in [0, 0.05) is 0 Å². The van der Waals surface area contributed by atoms with Gasteiger partial charge in [0.2, 0.25) is 0 Å². The molecular weight excluding hydrogens is 238 g/mol. The molecule has 2 nitrogen and oxygen atoms in total. The molecule has 0 radical (unpaired) electrons. The first kappa shape index (κ1) is 6.29. The summed E-state index contributed by atoms with van der Waals surface area (Å²) >= 11 is 6.41. The van der Waals surface area contributed by atoms with Gasteiger partial charge >= 0.3 is 0 Å². The van der Waals surface area contributed by atoms with E-state index in [1.807, 2.05) is 6.92 Å². The molecule has 1 aromatic heterocycles. The summed E-state index contributed by atoms with van der Waals surface area (Å²) in [5.41, 5.74) is 0. The minimum absolute atomic E-state index is 0.718. The molecule has 0 amide bonds. The van der Waals surface area contributed by atoms with E-state index in [4.69, 9.17) is 4.52 Å². The molecule has 8 heavy (non-hydrogen) atoms. The van der Waals surface area contributed by atoms with Crippen LogP contribution >= 0.6 is 31.9 Å². The molecular formula is C4H3Br2NO. The molecule has 0 spiro atoms. The van der Waals surface area contributed by atoms with E-state index in [9.17, 15) is 0 Å². The van der Waals surface area contributed by atoms with Crippen molar-refractivity contribution in [1.82, 2.24) is 5.16 Å². The summed E-state index contributed by atoms with van der Waals surface area (Å²) in [7, 11) is 0. The fraction of sp³-hybridized carbons (Fsp3) is 0.250. The first-order valence-corrected chi connectivity index (χ1v) is 3.57. The van der Waals surface area contributed by atoms with Crippen LogP contribution in [0.5, 0.6) is 0 Å². The van der Waals surface area contributed by atoms with Crippen molar-refractivity contribution in [3.8, 4) is 0 Å². The molecule has 4 heteroatoms. The predicted molar refractivity (Wildman–Crippen MR) is 36.6 cm³/mol. The molecule has 44 valence electrons. The largest absolute Gasteiger partial charge is 0.359 e. The number of aryl methyl sites for hydroxylation is 1. The second-order valence-corrected chi connectivity index (χ2v) is 2.89. The van der Waals surface area contributed by atoms with Crippen molar-refractivity contribution in [3.05, 3.63) is 14.8 Å². The lowest BCUT2D eigenvalue weighted by Gasteiger charge is -1.76. The number of nitrogens with zero attached hydrogens (tertiary/aromatic N) is 1. The SMILES string of the molecule is Cc1onc(Br)c1Br. The van der Waals surface area contributed by atoms with Crippen molar-refractivity contribution in [2.45, 2.75) is 6.92 Å². The highest BCUT2D eigenvalue weighted by molar-refractivity contribution is 9.13. The predicted octanol–water partition coefficient (Wildman–Crippen LogP) is 2.51. The average Bonchev–Trinajstić information content (AvgIpc) is 1.98. The molecule has 0 aliphatic rings. The second-order valence-electron chi connectivity index (χ2n) is 1.34. The Labute approximate surface area is 63.5 Å². The zero-order valence-electron chi connectivity index (χ0n) is 4.11. The van der Waals surface area contributed by atoms with Gasteiger partial charge in [0.15, 0.2) is 4.60 Å². The molecule has 0 unspecified atom stereocenters. The molecule has 0 N–H and O–H groups in total. The number of hydrogen-bond donors (Lipinski definition) is 0. The van der Waals surface area contributed by atoms with E-state index in [0.717, 1.165) is 14.8 Å². The lowest BCUT2D eigenvalue weighted by molar-refractivity contribution is 0.393. The minimum atomic E-state index is 0.718. The Hall–Kier alpha value is 0.170. The summed E-state index contributed by atoms with van der Waals surface area (Å²) in [6.07, 6.45) is 0. The van der Waals surface area contributed by atoms with Crippen molar-refractivity contribution < 1.29 is 4.52 Å². The summed E-state index contributed by atoms with van der Waals surface area (Å²) in [5.74, 6) is 0.789. The second kappa shape index (κ2) is 2.19. The van der Waals surface area contributed by atoms with Crippen LogP contribution in [0.2, 0.25) is 0 Å². The first-order valence-electron chi connectivity index (χ1n) is 1.99. The quantitative estimate of drug-likeness (QED) is 0.697. The van der Waals surface area contributed by atoms with Crippen molar-refractivity contribution in [2.24, 2.45) is 0 Å². The molecule has 0 bridgehead atoms. The normalized spacial score (nSPS) is 9.88. The lowest BCUT2D eigenvalue weighted by Crippen LogP contribution is -1.60. The van der Waals surface area contributed by atoms with Gasteiger partial charge in [-0.3, -0.25) is 0 Å². The van der Waals surface area contributed by atoms with Gasteiger partial charge in [-0.15, -0.1) is 0 Å². The third kappa shape index (κ3) is 0.951. The molecule has 0 fully saturated rings. The monoisotopic (exact) mass is 239 g/mol. The van der Waals surface area contributed by atoms with Gasteiger partial charge in [-0.2, -0.15) is 0 Å². The Kier molecular flexibility index (Phi) is 1.72. The van der Waals surface area contributed by atoms with E-state index in [-0.39, 0.29) is 0 Å². The van der Waals surface area contributed by atoms with Crippen LogP contribution in [-0.2, 0) is 0 Å². The fourth-order valence-corrected chi connectivity index (χ4v) is 0.830. The Balaban J connectivity index is 3.19. The van der Waals surface area contributed by atoms with Crippen LogP contribution in [0.4, 0.5) is 0 Å². The van der Waals surface area contributed by atoms with Crippen molar-refractivity contribution in [2.75, 3.05) is 0 Å². The highest BCUT2D eigenvalue weighted by Gasteiger charge is 2.03. The third-order valence-electron chi connectivity index (χ3n) is 0.753. The molecule has 0 aromatic carbocycles. The first-order chi connectivity index (χ1) is 3.72. The van der Waals surface area contributed by atoms with E-state index < -0.39 is 0 Å². The highest BCUT2D eigenvalue weighted by Crippen LogP contribution is 2.24. The van der Waals surface area contributed by atoms with Crippen LogP contribution in [0.25, 0.3) is 0 Å². The summed E-state index contributed by atoms with van der Waals surface area (Å²) < 4.78 is 6.36. The van der Waals surface area contributed by atoms with Gasteiger partial charge in [0.05, 0.1) is 4.47 Å². The zero-order valence-corrected chi connectivity index (χ0v) is 7.28.